The summed E-state index contributed by atoms with van der Waals surface area (Å²) in [4.78, 5) is 32.9. The molecule has 3 heteroatoms. The van der Waals surface area contributed by atoms with Crippen LogP contribution in [0.1, 0.15) is 25.7 Å². The predicted octanol–water partition coefficient (Wildman–Crippen LogP) is 0.760. The van der Waals surface area contributed by atoms with Gasteiger partial charge in [-0.2, -0.15) is 0 Å². The minimum Gasteiger partial charge on any atom is -0.303 e. The van der Waals surface area contributed by atoms with Gasteiger partial charge in [0.15, 0.2) is 0 Å². The van der Waals surface area contributed by atoms with Crippen LogP contribution in [-0.2, 0) is 14.4 Å². The van der Waals surface area contributed by atoms with Gasteiger partial charge in [-0.05, 0) is 11.8 Å². The van der Waals surface area contributed by atoms with Crippen LogP contribution in [0.15, 0.2) is 0 Å². The molecule has 13 heavy (non-hydrogen) atoms. The van der Waals surface area contributed by atoms with Crippen molar-refractivity contribution in [2.75, 3.05) is 0 Å². The van der Waals surface area contributed by atoms with Gasteiger partial charge in [0, 0.05) is 31.6 Å². The first kappa shape index (κ1) is 8.60. The molecule has 0 amide bonds. The van der Waals surface area contributed by atoms with Crippen LogP contribution in [0, 0.1) is 17.8 Å². The highest BCUT2D eigenvalue weighted by Gasteiger charge is 2.47. The molecule has 2 fully saturated rings. The Hall–Kier alpha value is -0.990. The number of rotatable bonds is 2. The first-order chi connectivity index (χ1) is 6.22. The minimum absolute atomic E-state index is 0.144. The fourth-order valence-electron chi connectivity index (χ4n) is 2.71. The molecule has 0 N–H and O–H groups in total. The van der Waals surface area contributed by atoms with Crippen molar-refractivity contribution >= 4 is 17.9 Å². The maximum Gasteiger partial charge on any atom is 0.137 e. The fraction of sp³-hybridized carbons (Fsp3) is 0.700. The van der Waals surface area contributed by atoms with Crippen molar-refractivity contribution in [1.29, 1.82) is 0 Å². The number of ketones is 2. The van der Waals surface area contributed by atoms with E-state index in [1.54, 1.807) is 0 Å². The van der Waals surface area contributed by atoms with Gasteiger partial charge in [-0.25, -0.2) is 0 Å². The second-order valence-corrected chi connectivity index (χ2v) is 4.05. The molecule has 0 heterocycles. The molecule has 0 aromatic rings. The lowest BCUT2D eigenvalue weighted by atomic mass is 9.90. The summed E-state index contributed by atoms with van der Waals surface area (Å²) in [5, 5.41) is 0. The zero-order valence-electron chi connectivity index (χ0n) is 7.36. The summed E-state index contributed by atoms with van der Waals surface area (Å²) in [5.74, 6) is 0.747. The van der Waals surface area contributed by atoms with E-state index in [0.29, 0.717) is 25.7 Å². The summed E-state index contributed by atoms with van der Waals surface area (Å²) in [5.41, 5.74) is 0. The molecule has 70 valence electrons. The molecule has 2 aliphatic carbocycles. The van der Waals surface area contributed by atoms with Gasteiger partial charge in [0.2, 0.25) is 0 Å². The lowest BCUT2D eigenvalue weighted by Crippen LogP contribution is -2.15. The molecule has 0 radical (unpaired) electrons. The standard InChI is InChI=1S/C10H12O3/c11-2-1-8-9-5-7(12)3-6(9)4-10(8)13/h2,6,8-9H,1,3-5H2. The van der Waals surface area contributed by atoms with Crippen molar-refractivity contribution in [1.82, 2.24) is 0 Å². The van der Waals surface area contributed by atoms with Crippen molar-refractivity contribution in [3.63, 3.8) is 0 Å². The third kappa shape index (κ3) is 1.32. The van der Waals surface area contributed by atoms with Crippen LogP contribution in [0.2, 0.25) is 0 Å². The molecule has 0 aromatic heterocycles. The molecular weight excluding hydrogens is 168 g/mol. The summed E-state index contributed by atoms with van der Waals surface area (Å²) in [6, 6.07) is 0. The van der Waals surface area contributed by atoms with E-state index in [2.05, 4.69) is 0 Å². The molecule has 2 saturated carbocycles. The molecular formula is C10H12O3. The summed E-state index contributed by atoms with van der Waals surface area (Å²) in [6.45, 7) is 0. The molecule has 2 rings (SSSR count). The average Bonchev–Trinajstić information content (AvgIpc) is 2.52. The van der Waals surface area contributed by atoms with Crippen LogP contribution in [-0.4, -0.2) is 17.9 Å². The first-order valence-corrected chi connectivity index (χ1v) is 4.70. The van der Waals surface area contributed by atoms with Crippen LogP contribution in [0.5, 0.6) is 0 Å². The van der Waals surface area contributed by atoms with Gasteiger partial charge in [-0.1, -0.05) is 0 Å². The fourth-order valence-corrected chi connectivity index (χ4v) is 2.71. The van der Waals surface area contributed by atoms with Crippen LogP contribution < -0.4 is 0 Å². The van der Waals surface area contributed by atoms with Crippen molar-refractivity contribution < 1.29 is 14.4 Å². The molecule has 0 spiro atoms. The highest BCUT2D eigenvalue weighted by molar-refractivity contribution is 5.91. The molecule has 0 aliphatic heterocycles. The van der Waals surface area contributed by atoms with Gasteiger partial charge >= 0.3 is 0 Å². The highest BCUT2D eigenvalue weighted by atomic mass is 16.1. The molecule has 3 unspecified atom stereocenters. The van der Waals surface area contributed by atoms with Crippen molar-refractivity contribution in [3.05, 3.63) is 0 Å². The first-order valence-electron chi connectivity index (χ1n) is 4.70. The lowest BCUT2D eigenvalue weighted by Gasteiger charge is -2.12. The van der Waals surface area contributed by atoms with E-state index < -0.39 is 0 Å². The van der Waals surface area contributed by atoms with E-state index in [4.69, 9.17) is 0 Å². The Bertz CT molecular complexity index is 269. The number of fused-ring (bicyclic) bond motifs is 1. The third-order valence-corrected chi connectivity index (χ3v) is 3.30. The molecule has 3 atom stereocenters. The van der Waals surface area contributed by atoms with Gasteiger partial charge in [0.05, 0.1) is 0 Å². The monoisotopic (exact) mass is 180 g/mol. The SMILES string of the molecule is O=CCC1C(=O)CC2CC(=O)CC21. The highest BCUT2D eigenvalue weighted by Crippen LogP contribution is 2.45. The predicted molar refractivity (Wildman–Crippen MR) is 45.0 cm³/mol. The Morgan fingerprint density at radius 3 is 2.69 bits per heavy atom. The zero-order valence-corrected chi connectivity index (χ0v) is 7.36. The Morgan fingerprint density at radius 1 is 1.23 bits per heavy atom. The minimum atomic E-state index is -0.144. The summed E-state index contributed by atoms with van der Waals surface area (Å²) >= 11 is 0. The zero-order chi connectivity index (χ0) is 9.42. The summed E-state index contributed by atoms with van der Waals surface area (Å²) < 4.78 is 0. The van der Waals surface area contributed by atoms with Crippen molar-refractivity contribution in [2.45, 2.75) is 25.7 Å². The van der Waals surface area contributed by atoms with Gasteiger partial charge in [-0.15, -0.1) is 0 Å². The smallest absolute Gasteiger partial charge is 0.137 e. The van der Waals surface area contributed by atoms with Crippen molar-refractivity contribution in [3.8, 4) is 0 Å². The maximum atomic E-state index is 11.4. The Morgan fingerprint density at radius 2 is 2.00 bits per heavy atom. The van der Waals surface area contributed by atoms with E-state index in [9.17, 15) is 14.4 Å². The van der Waals surface area contributed by atoms with Crippen LogP contribution in [0.3, 0.4) is 0 Å². The quantitative estimate of drug-likeness (QED) is 0.589. The lowest BCUT2D eigenvalue weighted by molar-refractivity contribution is -0.124. The number of carbonyl (C=O) groups excluding carboxylic acids is 3. The number of hydrogen-bond donors (Lipinski definition) is 0. The number of Topliss-reactive ketones (excluding diaryl/α,β-unsaturated/α-hetero) is 2. The number of carbonyl (C=O) groups is 3. The largest absolute Gasteiger partial charge is 0.303 e. The van der Waals surface area contributed by atoms with E-state index in [0.717, 1.165) is 6.29 Å². The second-order valence-electron chi connectivity index (χ2n) is 4.05. The molecule has 0 bridgehead atoms. The van der Waals surface area contributed by atoms with Gasteiger partial charge < -0.3 is 4.79 Å². The van der Waals surface area contributed by atoms with E-state index in [-0.39, 0.29) is 29.3 Å². The van der Waals surface area contributed by atoms with E-state index in [1.807, 2.05) is 0 Å². The average molecular weight is 180 g/mol. The van der Waals surface area contributed by atoms with Gasteiger partial charge in [-0.3, -0.25) is 9.59 Å². The van der Waals surface area contributed by atoms with E-state index >= 15 is 0 Å². The third-order valence-electron chi connectivity index (χ3n) is 3.30. The van der Waals surface area contributed by atoms with Crippen LogP contribution in [0.4, 0.5) is 0 Å². The molecule has 0 saturated heterocycles. The Kier molecular flexibility index (Phi) is 2.02. The van der Waals surface area contributed by atoms with Gasteiger partial charge in [0.1, 0.15) is 17.9 Å². The summed E-state index contributed by atoms with van der Waals surface area (Å²) in [6.07, 6.45) is 2.72. The molecule has 2 aliphatic rings. The van der Waals surface area contributed by atoms with Crippen LogP contribution in [0.25, 0.3) is 0 Å². The number of hydrogen-bond acceptors (Lipinski definition) is 3. The molecule has 0 aromatic carbocycles. The van der Waals surface area contributed by atoms with Crippen molar-refractivity contribution in [2.24, 2.45) is 17.8 Å². The van der Waals surface area contributed by atoms with Crippen LogP contribution >= 0.6 is 0 Å². The Balaban J connectivity index is 2.14. The topological polar surface area (TPSA) is 51.2 Å². The molecule has 3 nitrogen and oxygen atoms in total. The number of aldehydes is 1. The summed E-state index contributed by atoms with van der Waals surface area (Å²) in [7, 11) is 0. The van der Waals surface area contributed by atoms with E-state index in [1.165, 1.54) is 0 Å². The maximum absolute atomic E-state index is 11.4. The Labute approximate surface area is 76.5 Å². The van der Waals surface area contributed by atoms with Gasteiger partial charge in [0.25, 0.3) is 0 Å². The second kappa shape index (κ2) is 3.05. The normalized spacial score (nSPS) is 38.0.